The normalized spacial score (nSPS) is 15.8. The number of nitrogens with zero attached hydrogens (tertiary/aromatic N) is 1. The molecule has 2 rings (SSSR count). The highest BCUT2D eigenvalue weighted by Gasteiger charge is 2.09. The summed E-state index contributed by atoms with van der Waals surface area (Å²) in [6, 6.07) is 0. The number of allylic oxidation sites excluding steroid dienone is 2. The largest absolute Gasteiger partial charge is 0.228 e. The topological polar surface area (TPSA) is 12.9 Å². The molecule has 0 N–H and O–H groups in total. The van der Waals surface area contributed by atoms with Crippen LogP contribution in [0.4, 0.5) is 0 Å². The fraction of sp³-hybridized carbons (Fsp3) is 0.300. The van der Waals surface area contributed by atoms with E-state index in [-0.39, 0.29) is 0 Å². The van der Waals surface area contributed by atoms with Gasteiger partial charge in [-0.15, -0.1) is 17.8 Å². The van der Waals surface area contributed by atoms with Crippen molar-refractivity contribution >= 4 is 16.9 Å². The van der Waals surface area contributed by atoms with Crippen molar-refractivity contribution in [2.75, 3.05) is 0 Å². The van der Waals surface area contributed by atoms with E-state index in [1.165, 1.54) is 18.4 Å². The Morgan fingerprint density at radius 2 is 2.50 bits per heavy atom. The Morgan fingerprint density at radius 3 is 3.08 bits per heavy atom. The Labute approximate surface area is 76.1 Å². The number of thiazole rings is 1. The molecule has 1 aromatic heterocycles. The van der Waals surface area contributed by atoms with Crippen molar-refractivity contribution in [3.05, 3.63) is 22.2 Å². The van der Waals surface area contributed by atoms with Gasteiger partial charge in [0.15, 0.2) is 5.01 Å². The van der Waals surface area contributed by atoms with Crippen molar-refractivity contribution in [1.82, 2.24) is 4.98 Å². The molecule has 1 aliphatic rings. The molecular formula is C10H9NS. The van der Waals surface area contributed by atoms with E-state index in [4.69, 9.17) is 6.42 Å². The van der Waals surface area contributed by atoms with Crippen LogP contribution in [0.15, 0.2) is 11.5 Å². The van der Waals surface area contributed by atoms with Crippen LogP contribution in [0.1, 0.15) is 30.0 Å². The average molecular weight is 175 g/mol. The first kappa shape index (κ1) is 7.57. The predicted octanol–water partition coefficient (Wildman–Crippen LogP) is 2.69. The van der Waals surface area contributed by atoms with E-state index in [0.717, 1.165) is 17.1 Å². The second-order valence-electron chi connectivity index (χ2n) is 2.80. The van der Waals surface area contributed by atoms with Gasteiger partial charge in [-0.05, 0) is 30.8 Å². The Balaban J connectivity index is 2.29. The zero-order valence-electron chi connectivity index (χ0n) is 6.71. The summed E-state index contributed by atoms with van der Waals surface area (Å²) in [7, 11) is 0. The maximum absolute atomic E-state index is 5.24. The minimum absolute atomic E-state index is 0.790. The van der Waals surface area contributed by atoms with E-state index in [2.05, 4.69) is 17.0 Å². The van der Waals surface area contributed by atoms with Crippen LogP contribution in [-0.4, -0.2) is 4.98 Å². The third-order valence-corrected chi connectivity index (χ3v) is 2.77. The molecule has 12 heavy (non-hydrogen) atoms. The summed E-state index contributed by atoms with van der Waals surface area (Å²) in [6.07, 6.45) is 11.1. The highest BCUT2D eigenvalue weighted by Crippen LogP contribution is 2.27. The molecule has 0 aliphatic heterocycles. The van der Waals surface area contributed by atoms with E-state index in [9.17, 15) is 0 Å². The predicted molar refractivity (Wildman–Crippen MR) is 51.9 cm³/mol. The van der Waals surface area contributed by atoms with Gasteiger partial charge in [0, 0.05) is 5.38 Å². The number of rotatable bonds is 1. The van der Waals surface area contributed by atoms with Crippen molar-refractivity contribution in [1.29, 1.82) is 0 Å². The van der Waals surface area contributed by atoms with Crippen molar-refractivity contribution in [3.8, 4) is 12.3 Å². The van der Waals surface area contributed by atoms with Gasteiger partial charge in [-0.3, -0.25) is 0 Å². The number of hydrogen-bond donors (Lipinski definition) is 0. The van der Waals surface area contributed by atoms with Gasteiger partial charge < -0.3 is 0 Å². The molecule has 60 valence electrons. The van der Waals surface area contributed by atoms with Crippen molar-refractivity contribution in [2.24, 2.45) is 0 Å². The van der Waals surface area contributed by atoms with Crippen LogP contribution in [0.2, 0.25) is 0 Å². The molecule has 0 atom stereocenters. The van der Waals surface area contributed by atoms with E-state index in [1.807, 2.05) is 5.38 Å². The van der Waals surface area contributed by atoms with Gasteiger partial charge in [-0.25, -0.2) is 4.98 Å². The Morgan fingerprint density at radius 1 is 1.58 bits per heavy atom. The molecule has 1 nitrogen and oxygen atoms in total. The number of terminal acetylenes is 1. The maximum atomic E-state index is 5.24. The molecule has 1 heterocycles. The molecule has 0 saturated carbocycles. The molecule has 0 saturated heterocycles. The zero-order chi connectivity index (χ0) is 8.39. The summed E-state index contributed by atoms with van der Waals surface area (Å²) < 4.78 is 0. The fourth-order valence-electron chi connectivity index (χ4n) is 1.39. The first-order valence-corrected chi connectivity index (χ1v) is 4.89. The van der Waals surface area contributed by atoms with Gasteiger partial charge >= 0.3 is 0 Å². The van der Waals surface area contributed by atoms with Gasteiger partial charge in [-0.2, -0.15) is 0 Å². The Kier molecular flexibility index (Phi) is 1.97. The van der Waals surface area contributed by atoms with E-state index >= 15 is 0 Å². The Bertz CT molecular complexity index is 354. The highest BCUT2D eigenvalue weighted by atomic mass is 32.1. The summed E-state index contributed by atoms with van der Waals surface area (Å²) in [5, 5.41) is 2.84. The molecule has 0 fully saturated rings. The molecule has 0 unspecified atom stereocenters. The number of hydrogen-bond acceptors (Lipinski definition) is 2. The molecule has 0 bridgehead atoms. The highest BCUT2D eigenvalue weighted by molar-refractivity contribution is 7.10. The standard InChI is InChI=1S/C10H9NS/c1-2-10-11-9(7-12-10)8-5-3-4-6-8/h1,5,7H,3-4,6H2. The van der Waals surface area contributed by atoms with Crippen molar-refractivity contribution in [3.63, 3.8) is 0 Å². The smallest absolute Gasteiger partial charge is 0.167 e. The maximum Gasteiger partial charge on any atom is 0.167 e. The first-order valence-electron chi connectivity index (χ1n) is 4.01. The van der Waals surface area contributed by atoms with Gasteiger partial charge in [0.1, 0.15) is 0 Å². The lowest BCUT2D eigenvalue weighted by atomic mass is 10.2. The molecule has 0 aromatic carbocycles. The van der Waals surface area contributed by atoms with Crippen molar-refractivity contribution < 1.29 is 0 Å². The minimum Gasteiger partial charge on any atom is -0.228 e. The molecule has 0 spiro atoms. The average Bonchev–Trinajstić information content (AvgIpc) is 2.75. The minimum atomic E-state index is 0.790. The Hall–Kier alpha value is -1.07. The van der Waals surface area contributed by atoms with E-state index in [1.54, 1.807) is 11.3 Å². The monoisotopic (exact) mass is 175 g/mol. The summed E-state index contributed by atoms with van der Waals surface area (Å²) in [4.78, 5) is 4.32. The van der Waals surface area contributed by atoms with Crippen LogP contribution in [0, 0.1) is 12.3 Å². The van der Waals surface area contributed by atoms with E-state index < -0.39 is 0 Å². The molecule has 1 aromatic rings. The lowest BCUT2D eigenvalue weighted by molar-refractivity contribution is 0.933. The van der Waals surface area contributed by atoms with Crippen LogP contribution < -0.4 is 0 Å². The zero-order valence-corrected chi connectivity index (χ0v) is 7.53. The van der Waals surface area contributed by atoms with Crippen LogP contribution in [-0.2, 0) is 0 Å². The summed E-state index contributed by atoms with van der Waals surface area (Å²) >= 11 is 1.55. The van der Waals surface area contributed by atoms with Crippen molar-refractivity contribution in [2.45, 2.75) is 19.3 Å². The number of aromatic nitrogens is 1. The lowest BCUT2D eigenvalue weighted by Gasteiger charge is -1.92. The second kappa shape index (κ2) is 3.12. The molecule has 1 aliphatic carbocycles. The van der Waals surface area contributed by atoms with Gasteiger partial charge in [0.2, 0.25) is 0 Å². The third kappa shape index (κ3) is 1.28. The molecule has 0 radical (unpaired) electrons. The molecule has 0 amide bonds. The van der Waals surface area contributed by atoms with Crippen LogP contribution in [0.25, 0.3) is 5.57 Å². The third-order valence-electron chi connectivity index (χ3n) is 2.00. The molecule has 2 heteroatoms. The van der Waals surface area contributed by atoms with Crippen LogP contribution in [0.3, 0.4) is 0 Å². The van der Waals surface area contributed by atoms with Gasteiger partial charge in [0.05, 0.1) is 5.69 Å². The van der Waals surface area contributed by atoms with Gasteiger partial charge in [0.25, 0.3) is 0 Å². The van der Waals surface area contributed by atoms with E-state index in [0.29, 0.717) is 0 Å². The summed E-state index contributed by atoms with van der Waals surface area (Å²) in [5.74, 6) is 2.55. The summed E-state index contributed by atoms with van der Waals surface area (Å²) in [5.41, 5.74) is 2.46. The molecular weight excluding hydrogens is 166 g/mol. The van der Waals surface area contributed by atoms with Gasteiger partial charge in [-0.1, -0.05) is 6.08 Å². The van der Waals surface area contributed by atoms with Crippen LogP contribution >= 0.6 is 11.3 Å². The SMILES string of the molecule is C#Cc1nc(C2=CCCC2)cs1. The first-order chi connectivity index (χ1) is 5.90. The fourth-order valence-corrected chi connectivity index (χ4v) is 2.04. The summed E-state index contributed by atoms with van der Waals surface area (Å²) in [6.45, 7) is 0. The quantitative estimate of drug-likeness (QED) is 0.598. The second-order valence-corrected chi connectivity index (χ2v) is 3.66. The van der Waals surface area contributed by atoms with Crippen LogP contribution in [0.5, 0.6) is 0 Å². The lowest BCUT2D eigenvalue weighted by Crippen LogP contribution is -1.80.